The minimum atomic E-state index is -3.67. The topological polar surface area (TPSA) is 115 Å². The molecule has 0 saturated carbocycles. The van der Waals surface area contributed by atoms with Crippen molar-refractivity contribution >= 4 is 21.6 Å². The summed E-state index contributed by atoms with van der Waals surface area (Å²) in [6.07, 6.45) is -0.0496. The van der Waals surface area contributed by atoms with Crippen molar-refractivity contribution in [3.05, 3.63) is 24.3 Å². The number of para-hydroxylation sites is 1. The molecule has 1 amide bonds. The third-order valence-corrected chi connectivity index (χ3v) is 3.41. The van der Waals surface area contributed by atoms with Gasteiger partial charge in [-0.25, -0.2) is 13.1 Å². The summed E-state index contributed by atoms with van der Waals surface area (Å²) in [4.78, 5) is 10.5. The van der Waals surface area contributed by atoms with Crippen LogP contribution in [0, 0.1) is 0 Å². The molecule has 16 heavy (non-hydrogen) atoms. The Morgan fingerprint density at radius 3 is 2.50 bits per heavy atom. The van der Waals surface area contributed by atoms with Gasteiger partial charge >= 0.3 is 0 Å². The first-order chi connectivity index (χ1) is 7.43. The molecule has 0 bridgehead atoms. The molecule has 1 aromatic carbocycles. The zero-order chi connectivity index (χ0) is 12.2. The van der Waals surface area contributed by atoms with Gasteiger partial charge in [0.15, 0.2) is 0 Å². The molecular weight excluding hydrogens is 230 g/mol. The number of carbonyl (C=O) groups excluding carboxylic acids is 1. The molecule has 7 heteroatoms. The Morgan fingerprint density at radius 1 is 1.31 bits per heavy atom. The second-order valence-corrected chi connectivity index (χ2v) is 4.89. The van der Waals surface area contributed by atoms with E-state index in [-0.39, 0.29) is 23.5 Å². The monoisotopic (exact) mass is 243 g/mol. The quantitative estimate of drug-likeness (QED) is 0.600. The van der Waals surface area contributed by atoms with Crippen molar-refractivity contribution in [1.82, 2.24) is 4.72 Å². The van der Waals surface area contributed by atoms with Crippen LogP contribution in [0.3, 0.4) is 0 Å². The highest BCUT2D eigenvalue weighted by molar-refractivity contribution is 7.89. The molecule has 0 radical (unpaired) electrons. The predicted molar refractivity (Wildman–Crippen MR) is 59.9 cm³/mol. The summed E-state index contributed by atoms with van der Waals surface area (Å²) in [7, 11) is -3.67. The fourth-order valence-corrected chi connectivity index (χ4v) is 2.27. The highest BCUT2D eigenvalue weighted by Crippen LogP contribution is 2.16. The van der Waals surface area contributed by atoms with Crippen LogP contribution in [0.5, 0.6) is 0 Å². The van der Waals surface area contributed by atoms with E-state index in [4.69, 9.17) is 11.5 Å². The number of hydrogen-bond donors (Lipinski definition) is 3. The summed E-state index contributed by atoms with van der Waals surface area (Å²) in [5, 5.41) is 0. The molecule has 0 unspecified atom stereocenters. The van der Waals surface area contributed by atoms with Crippen molar-refractivity contribution in [3.8, 4) is 0 Å². The van der Waals surface area contributed by atoms with E-state index in [1.807, 2.05) is 0 Å². The molecule has 0 atom stereocenters. The lowest BCUT2D eigenvalue weighted by Crippen LogP contribution is -2.28. The Morgan fingerprint density at radius 2 is 1.94 bits per heavy atom. The molecule has 5 N–H and O–H groups in total. The first-order valence-corrected chi connectivity index (χ1v) is 6.04. The number of amides is 1. The number of primary amides is 1. The first kappa shape index (κ1) is 12.5. The molecule has 0 spiro atoms. The third-order valence-electron chi connectivity index (χ3n) is 1.87. The number of hydrogen-bond acceptors (Lipinski definition) is 4. The maximum Gasteiger partial charge on any atom is 0.242 e. The number of benzene rings is 1. The zero-order valence-corrected chi connectivity index (χ0v) is 9.33. The molecular formula is C9H13N3O3S. The minimum Gasteiger partial charge on any atom is -0.398 e. The van der Waals surface area contributed by atoms with Crippen LogP contribution in [0.4, 0.5) is 5.69 Å². The molecule has 0 saturated heterocycles. The molecule has 0 heterocycles. The van der Waals surface area contributed by atoms with E-state index in [1.165, 1.54) is 12.1 Å². The number of carbonyl (C=O) groups is 1. The highest BCUT2D eigenvalue weighted by Gasteiger charge is 2.16. The molecule has 0 aromatic heterocycles. The summed E-state index contributed by atoms with van der Waals surface area (Å²) in [6.45, 7) is -0.0357. The van der Waals surface area contributed by atoms with E-state index in [9.17, 15) is 13.2 Å². The van der Waals surface area contributed by atoms with Gasteiger partial charge in [-0.3, -0.25) is 4.79 Å². The normalized spacial score (nSPS) is 11.2. The van der Waals surface area contributed by atoms with E-state index in [1.54, 1.807) is 12.1 Å². The van der Waals surface area contributed by atoms with Crippen LogP contribution in [0.15, 0.2) is 29.2 Å². The van der Waals surface area contributed by atoms with Gasteiger partial charge in [0.1, 0.15) is 4.90 Å². The summed E-state index contributed by atoms with van der Waals surface area (Å²) in [6, 6.07) is 6.08. The fourth-order valence-electron chi connectivity index (χ4n) is 1.11. The van der Waals surface area contributed by atoms with Crippen LogP contribution >= 0.6 is 0 Å². The summed E-state index contributed by atoms with van der Waals surface area (Å²) in [5.74, 6) is -0.566. The second kappa shape index (κ2) is 4.95. The maximum absolute atomic E-state index is 11.7. The largest absolute Gasteiger partial charge is 0.398 e. The number of nitrogen functional groups attached to an aromatic ring is 1. The number of nitrogens with two attached hydrogens (primary N) is 2. The number of anilines is 1. The Balaban J connectivity index is 2.79. The van der Waals surface area contributed by atoms with E-state index in [2.05, 4.69) is 4.72 Å². The Labute approximate surface area is 93.7 Å². The van der Waals surface area contributed by atoms with Crippen LogP contribution in [-0.2, 0) is 14.8 Å². The zero-order valence-electron chi connectivity index (χ0n) is 8.51. The fraction of sp³-hybridized carbons (Fsp3) is 0.222. The highest BCUT2D eigenvalue weighted by atomic mass is 32.2. The molecule has 88 valence electrons. The van der Waals surface area contributed by atoms with Gasteiger partial charge in [-0.15, -0.1) is 0 Å². The average Bonchev–Trinajstić information content (AvgIpc) is 2.17. The van der Waals surface area contributed by atoms with Gasteiger partial charge in [-0.2, -0.15) is 0 Å². The van der Waals surface area contributed by atoms with Gasteiger partial charge in [-0.1, -0.05) is 12.1 Å². The lowest BCUT2D eigenvalue weighted by atomic mass is 10.3. The van der Waals surface area contributed by atoms with E-state index in [0.717, 1.165) is 0 Å². The predicted octanol–water partition coefficient (Wildman–Crippen LogP) is -0.577. The van der Waals surface area contributed by atoms with Crippen molar-refractivity contribution in [2.24, 2.45) is 5.73 Å². The second-order valence-electron chi connectivity index (χ2n) is 3.15. The Kier molecular flexibility index (Phi) is 3.86. The van der Waals surface area contributed by atoms with Crippen LogP contribution in [0.25, 0.3) is 0 Å². The van der Waals surface area contributed by atoms with Gasteiger partial charge in [0.25, 0.3) is 0 Å². The van der Waals surface area contributed by atoms with Crippen molar-refractivity contribution in [1.29, 1.82) is 0 Å². The summed E-state index contributed by atoms with van der Waals surface area (Å²) >= 11 is 0. The van der Waals surface area contributed by atoms with Crippen LogP contribution in [0.2, 0.25) is 0 Å². The standard InChI is InChI=1S/C9H13N3O3S/c10-7-3-1-2-4-8(7)16(14,15)12-6-5-9(11)13/h1-4,12H,5-6,10H2,(H2,11,13). The van der Waals surface area contributed by atoms with Gasteiger partial charge in [0.2, 0.25) is 15.9 Å². The number of nitrogens with one attached hydrogen (secondary N) is 1. The summed E-state index contributed by atoms with van der Waals surface area (Å²) < 4.78 is 25.6. The first-order valence-electron chi connectivity index (χ1n) is 4.56. The van der Waals surface area contributed by atoms with Gasteiger partial charge in [0, 0.05) is 13.0 Å². The van der Waals surface area contributed by atoms with Gasteiger partial charge in [-0.05, 0) is 12.1 Å². The van der Waals surface area contributed by atoms with Crippen molar-refractivity contribution in [3.63, 3.8) is 0 Å². The van der Waals surface area contributed by atoms with Crippen molar-refractivity contribution in [2.75, 3.05) is 12.3 Å². The van der Waals surface area contributed by atoms with E-state index < -0.39 is 15.9 Å². The van der Waals surface area contributed by atoms with Crippen LogP contribution < -0.4 is 16.2 Å². The lowest BCUT2D eigenvalue weighted by molar-refractivity contribution is -0.117. The molecule has 0 fully saturated rings. The minimum absolute atomic E-state index is 0.000490. The van der Waals surface area contributed by atoms with Gasteiger partial charge in [0.05, 0.1) is 5.69 Å². The maximum atomic E-state index is 11.7. The Hall–Kier alpha value is -1.60. The van der Waals surface area contributed by atoms with Crippen molar-refractivity contribution < 1.29 is 13.2 Å². The van der Waals surface area contributed by atoms with E-state index in [0.29, 0.717) is 0 Å². The van der Waals surface area contributed by atoms with Crippen molar-refractivity contribution in [2.45, 2.75) is 11.3 Å². The van der Waals surface area contributed by atoms with Crippen LogP contribution in [-0.4, -0.2) is 20.9 Å². The molecule has 1 aromatic rings. The average molecular weight is 243 g/mol. The smallest absolute Gasteiger partial charge is 0.242 e. The molecule has 0 aliphatic rings. The summed E-state index contributed by atoms with van der Waals surface area (Å²) in [5.41, 5.74) is 10.6. The molecule has 1 rings (SSSR count). The Bertz CT molecular complexity index is 485. The third kappa shape index (κ3) is 3.21. The van der Waals surface area contributed by atoms with Gasteiger partial charge < -0.3 is 11.5 Å². The van der Waals surface area contributed by atoms with E-state index >= 15 is 0 Å². The van der Waals surface area contributed by atoms with Crippen LogP contribution in [0.1, 0.15) is 6.42 Å². The number of rotatable bonds is 5. The molecule has 0 aliphatic carbocycles. The molecule has 6 nitrogen and oxygen atoms in total. The SMILES string of the molecule is NC(=O)CCNS(=O)(=O)c1ccccc1N. The molecule has 0 aliphatic heterocycles. The lowest BCUT2D eigenvalue weighted by Gasteiger charge is -2.07. The number of sulfonamides is 1.